The van der Waals surface area contributed by atoms with Crippen LogP contribution in [0.5, 0.6) is 5.75 Å². The van der Waals surface area contributed by atoms with Gasteiger partial charge in [0, 0.05) is 19.3 Å². The molecule has 1 N–H and O–H groups in total. The Hall–Kier alpha value is -1.86. The topological polar surface area (TPSA) is 73.2 Å². The molecular weight excluding hydrogens is 278 g/mol. The summed E-state index contributed by atoms with van der Waals surface area (Å²) in [7, 11) is -3.17. The fraction of sp³-hybridized carbons (Fsp3) is 0.308. The molecule has 0 atom stereocenters. The molecule has 0 spiro atoms. The summed E-state index contributed by atoms with van der Waals surface area (Å²) < 4.78 is 30.1. The monoisotopic (exact) mass is 293 g/mol. The Morgan fingerprint density at radius 1 is 1.30 bits per heavy atom. The number of nitrogens with one attached hydrogen (secondary N) is 1. The van der Waals surface area contributed by atoms with Gasteiger partial charge in [-0.3, -0.25) is 0 Å². The highest BCUT2D eigenvalue weighted by Crippen LogP contribution is 2.17. The molecule has 6 nitrogen and oxygen atoms in total. The molecule has 7 heteroatoms. The second-order valence-electron chi connectivity index (χ2n) is 4.78. The Balaban J connectivity index is 1.78. The first-order valence-electron chi connectivity index (χ1n) is 6.25. The summed E-state index contributed by atoms with van der Waals surface area (Å²) in [5.74, 6) is 0.712. The van der Waals surface area contributed by atoms with Gasteiger partial charge >= 0.3 is 0 Å². The molecule has 0 unspecified atom stereocenters. The lowest BCUT2D eigenvalue weighted by Gasteiger charge is -2.26. The fourth-order valence-corrected chi connectivity index (χ4v) is 2.52. The second-order valence-corrected chi connectivity index (χ2v) is 6.80. The van der Waals surface area contributed by atoms with Crippen molar-refractivity contribution >= 4 is 9.84 Å². The van der Waals surface area contributed by atoms with E-state index in [9.17, 15) is 8.42 Å². The Kier molecular flexibility index (Phi) is 3.23. The molecule has 1 aliphatic heterocycles. The van der Waals surface area contributed by atoms with Gasteiger partial charge in [-0.2, -0.15) is 5.10 Å². The highest BCUT2D eigenvalue weighted by Gasteiger charge is 2.19. The van der Waals surface area contributed by atoms with E-state index in [1.807, 2.05) is 0 Å². The van der Waals surface area contributed by atoms with Crippen LogP contribution in [0, 0.1) is 0 Å². The second kappa shape index (κ2) is 4.92. The van der Waals surface area contributed by atoms with Crippen LogP contribution in [0.4, 0.5) is 0 Å². The van der Waals surface area contributed by atoms with E-state index in [1.165, 1.54) is 6.26 Å². The molecule has 2 aromatic rings. The van der Waals surface area contributed by atoms with Crippen molar-refractivity contribution in [1.29, 1.82) is 0 Å². The fourth-order valence-electron chi connectivity index (χ4n) is 1.89. The van der Waals surface area contributed by atoms with Crippen molar-refractivity contribution in [2.24, 2.45) is 0 Å². The van der Waals surface area contributed by atoms with E-state index in [0.717, 1.165) is 18.8 Å². The Morgan fingerprint density at radius 2 is 2.00 bits per heavy atom. The summed E-state index contributed by atoms with van der Waals surface area (Å²) in [4.78, 5) is 0.297. The Morgan fingerprint density at radius 3 is 2.55 bits per heavy atom. The maximum absolute atomic E-state index is 11.4. The molecule has 3 rings (SSSR count). The van der Waals surface area contributed by atoms with Gasteiger partial charge in [0.2, 0.25) is 0 Å². The number of nitrogens with zero attached hydrogens (tertiary/aromatic N) is 2. The molecule has 1 saturated heterocycles. The molecule has 1 fully saturated rings. The largest absolute Gasteiger partial charge is 0.484 e. The summed E-state index contributed by atoms with van der Waals surface area (Å²) in [6, 6.07) is 6.58. The molecule has 1 aliphatic rings. The van der Waals surface area contributed by atoms with Gasteiger partial charge in [-0.15, -0.1) is 0 Å². The minimum Gasteiger partial charge on any atom is -0.484 e. The predicted molar refractivity (Wildman–Crippen MR) is 74.0 cm³/mol. The van der Waals surface area contributed by atoms with Crippen LogP contribution in [0.3, 0.4) is 0 Å². The van der Waals surface area contributed by atoms with Gasteiger partial charge in [-0.05, 0) is 24.3 Å². The molecule has 2 heterocycles. The third-order valence-corrected chi connectivity index (χ3v) is 4.26. The number of sulfone groups is 1. The molecular formula is C13H15N3O3S. The van der Waals surface area contributed by atoms with Crippen LogP contribution in [0.25, 0.3) is 5.69 Å². The predicted octanol–water partition coefficient (Wildman–Crippen LogP) is 0.626. The van der Waals surface area contributed by atoms with Crippen LogP contribution in [0.2, 0.25) is 0 Å². The SMILES string of the molecule is CS(=O)(=O)c1ccc(-n2cc(OC3CNC3)cn2)cc1. The van der Waals surface area contributed by atoms with E-state index in [-0.39, 0.29) is 6.10 Å². The lowest BCUT2D eigenvalue weighted by Crippen LogP contribution is -2.50. The van der Waals surface area contributed by atoms with E-state index < -0.39 is 9.84 Å². The molecule has 0 bridgehead atoms. The molecule has 0 amide bonds. The van der Waals surface area contributed by atoms with E-state index in [1.54, 1.807) is 41.3 Å². The van der Waals surface area contributed by atoms with E-state index in [4.69, 9.17) is 4.74 Å². The normalized spacial score (nSPS) is 15.8. The van der Waals surface area contributed by atoms with Gasteiger partial charge in [-0.25, -0.2) is 13.1 Å². The summed E-state index contributed by atoms with van der Waals surface area (Å²) >= 11 is 0. The van der Waals surface area contributed by atoms with E-state index in [2.05, 4.69) is 10.4 Å². The smallest absolute Gasteiger partial charge is 0.175 e. The quantitative estimate of drug-likeness (QED) is 0.895. The third-order valence-electron chi connectivity index (χ3n) is 3.14. The zero-order valence-corrected chi connectivity index (χ0v) is 11.8. The molecule has 0 aliphatic carbocycles. The van der Waals surface area contributed by atoms with Crippen LogP contribution in [-0.4, -0.2) is 43.6 Å². The first kappa shape index (κ1) is 13.1. The molecule has 0 saturated carbocycles. The van der Waals surface area contributed by atoms with Gasteiger partial charge in [0.05, 0.1) is 23.0 Å². The standard InChI is InChI=1S/C13H15N3O3S/c1-20(17,18)13-4-2-10(3-5-13)16-9-12(8-15-16)19-11-6-14-7-11/h2-5,8-9,11,14H,6-7H2,1H3. The van der Waals surface area contributed by atoms with E-state index >= 15 is 0 Å². The average Bonchev–Trinajstić information content (AvgIpc) is 2.82. The van der Waals surface area contributed by atoms with Gasteiger partial charge < -0.3 is 10.1 Å². The van der Waals surface area contributed by atoms with Crippen molar-refractivity contribution in [3.63, 3.8) is 0 Å². The van der Waals surface area contributed by atoms with Crippen molar-refractivity contribution in [1.82, 2.24) is 15.1 Å². The molecule has 0 radical (unpaired) electrons. The molecule has 106 valence electrons. The minimum atomic E-state index is -3.17. The number of rotatable bonds is 4. The Bertz CT molecular complexity index is 703. The van der Waals surface area contributed by atoms with Gasteiger partial charge in [0.15, 0.2) is 15.6 Å². The molecule has 20 heavy (non-hydrogen) atoms. The van der Waals surface area contributed by atoms with Crippen molar-refractivity contribution < 1.29 is 13.2 Å². The number of hydrogen-bond acceptors (Lipinski definition) is 5. The zero-order valence-electron chi connectivity index (χ0n) is 11.0. The first-order valence-corrected chi connectivity index (χ1v) is 8.14. The highest BCUT2D eigenvalue weighted by molar-refractivity contribution is 7.90. The number of benzene rings is 1. The van der Waals surface area contributed by atoms with Crippen LogP contribution in [0.1, 0.15) is 0 Å². The van der Waals surface area contributed by atoms with Gasteiger partial charge in [0.1, 0.15) is 6.10 Å². The summed E-state index contributed by atoms with van der Waals surface area (Å²) in [6.45, 7) is 1.71. The summed E-state index contributed by atoms with van der Waals surface area (Å²) in [6.07, 6.45) is 4.84. The van der Waals surface area contributed by atoms with Crippen molar-refractivity contribution in [3.05, 3.63) is 36.7 Å². The molecule has 1 aromatic heterocycles. The lowest BCUT2D eigenvalue weighted by molar-refractivity contribution is 0.142. The lowest BCUT2D eigenvalue weighted by atomic mass is 10.2. The highest BCUT2D eigenvalue weighted by atomic mass is 32.2. The van der Waals surface area contributed by atoms with Crippen LogP contribution < -0.4 is 10.1 Å². The maximum Gasteiger partial charge on any atom is 0.175 e. The van der Waals surface area contributed by atoms with Crippen LogP contribution in [-0.2, 0) is 9.84 Å². The first-order chi connectivity index (χ1) is 9.52. The average molecular weight is 293 g/mol. The summed E-state index contributed by atoms with van der Waals surface area (Å²) in [5, 5.41) is 7.34. The third kappa shape index (κ3) is 2.68. The van der Waals surface area contributed by atoms with Crippen molar-refractivity contribution in [3.8, 4) is 11.4 Å². The zero-order chi connectivity index (χ0) is 14.2. The number of ether oxygens (including phenoxy) is 1. The summed E-state index contributed by atoms with van der Waals surface area (Å²) in [5.41, 5.74) is 0.791. The minimum absolute atomic E-state index is 0.209. The number of aromatic nitrogens is 2. The molecule has 1 aromatic carbocycles. The van der Waals surface area contributed by atoms with Crippen molar-refractivity contribution in [2.45, 2.75) is 11.0 Å². The van der Waals surface area contributed by atoms with E-state index in [0.29, 0.717) is 10.6 Å². The Labute approximate surface area is 117 Å². The van der Waals surface area contributed by atoms with Crippen molar-refractivity contribution in [2.75, 3.05) is 19.3 Å². The van der Waals surface area contributed by atoms with Crippen LogP contribution >= 0.6 is 0 Å². The van der Waals surface area contributed by atoms with Crippen LogP contribution in [0.15, 0.2) is 41.6 Å². The number of hydrogen-bond donors (Lipinski definition) is 1. The van der Waals surface area contributed by atoms with Gasteiger partial charge in [0.25, 0.3) is 0 Å². The maximum atomic E-state index is 11.4. The van der Waals surface area contributed by atoms with Gasteiger partial charge in [-0.1, -0.05) is 0 Å².